The summed E-state index contributed by atoms with van der Waals surface area (Å²) >= 11 is 0. The first-order chi connectivity index (χ1) is 20.6. The van der Waals surface area contributed by atoms with Gasteiger partial charge in [0.2, 0.25) is 5.91 Å². The van der Waals surface area contributed by atoms with Crippen LogP contribution >= 0.6 is 0 Å². The highest BCUT2D eigenvalue weighted by atomic mass is 19.4. The molecule has 1 saturated heterocycles. The summed E-state index contributed by atoms with van der Waals surface area (Å²) < 4.78 is 38.3. The molecule has 6 aliphatic rings. The summed E-state index contributed by atoms with van der Waals surface area (Å²) in [4.78, 5) is 38.2. The molecular formula is C31H38F3N7O2. The Morgan fingerprint density at radius 3 is 2.26 bits per heavy atom. The zero-order valence-corrected chi connectivity index (χ0v) is 24.1. The summed E-state index contributed by atoms with van der Waals surface area (Å²) in [7, 11) is 0. The first kappa shape index (κ1) is 28.2. The van der Waals surface area contributed by atoms with Gasteiger partial charge in [-0.05, 0) is 74.1 Å². The van der Waals surface area contributed by atoms with Crippen molar-refractivity contribution in [3.05, 3.63) is 42.6 Å². The summed E-state index contributed by atoms with van der Waals surface area (Å²) in [5.41, 5.74) is 8.06. The smallest absolute Gasteiger partial charge is 0.369 e. The molecule has 1 aromatic heterocycles. The molecule has 9 nitrogen and oxygen atoms in total. The van der Waals surface area contributed by atoms with E-state index in [1.165, 1.54) is 4.90 Å². The van der Waals surface area contributed by atoms with Gasteiger partial charge in [0.1, 0.15) is 5.82 Å². The number of aromatic nitrogens is 1. The lowest BCUT2D eigenvalue weighted by molar-refractivity contribution is -0.146. The first-order valence-electron chi connectivity index (χ1n) is 15.3. The van der Waals surface area contributed by atoms with Gasteiger partial charge in [-0.1, -0.05) is 12.1 Å². The Labute approximate surface area is 249 Å². The van der Waals surface area contributed by atoms with Crippen LogP contribution in [0.4, 0.5) is 40.8 Å². The van der Waals surface area contributed by atoms with Gasteiger partial charge in [0.15, 0.2) is 0 Å². The van der Waals surface area contributed by atoms with Crippen molar-refractivity contribution in [2.75, 3.05) is 60.5 Å². The number of amides is 3. The normalized spacial score (nSPS) is 30.3. The fraction of sp³-hybridized carbons (Fsp3) is 0.581. The molecule has 5 fully saturated rings. The Bertz CT molecular complexity index is 1360. The Hall–Kier alpha value is -3.54. The molecule has 5 atom stereocenters. The lowest BCUT2D eigenvalue weighted by Gasteiger charge is -2.59. The average molecular weight is 598 g/mol. The van der Waals surface area contributed by atoms with Crippen LogP contribution in [-0.2, 0) is 4.79 Å². The zero-order chi connectivity index (χ0) is 29.9. The highest BCUT2D eigenvalue weighted by molar-refractivity contribution is 5.98. The zero-order valence-electron chi connectivity index (χ0n) is 24.1. The number of nitrogens with two attached hydrogens (primary N) is 1. The van der Waals surface area contributed by atoms with Crippen LogP contribution in [0.2, 0.25) is 0 Å². The minimum absolute atomic E-state index is 0.0613. The van der Waals surface area contributed by atoms with Crippen molar-refractivity contribution >= 4 is 34.8 Å². The molecule has 3 N–H and O–H groups in total. The highest BCUT2D eigenvalue weighted by Gasteiger charge is 2.58. The van der Waals surface area contributed by atoms with Crippen molar-refractivity contribution in [2.45, 2.75) is 44.3 Å². The van der Waals surface area contributed by atoms with E-state index in [1.54, 1.807) is 6.20 Å². The Kier molecular flexibility index (Phi) is 6.94. The van der Waals surface area contributed by atoms with Gasteiger partial charge in [-0.25, -0.2) is 9.78 Å². The number of alkyl halides is 3. The van der Waals surface area contributed by atoms with Crippen LogP contribution in [-0.4, -0.2) is 79.9 Å². The van der Waals surface area contributed by atoms with Gasteiger partial charge < -0.3 is 20.9 Å². The van der Waals surface area contributed by atoms with Gasteiger partial charge in [0.25, 0.3) is 0 Å². The van der Waals surface area contributed by atoms with Crippen LogP contribution in [0.3, 0.4) is 0 Å². The van der Waals surface area contributed by atoms with E-state index in [1.807, 2.05) is 41.3 Å². The number of hydrogen-bond acceptors (Lipinski definition) is 6. The van der Waals surface area contributed by atoms with Crippen molar-refractivity contribution < 1.29 is 22.8 Å². The average Bonchev–Trinajstić information content (AvgIpc) is 2.98. The SMILES string of the molecule is NC(=O)C12CC3C[C@H](C1)C(NC(=O)N1CCN(c4ccc(N5CCN(CC(F)(F)F)CC5)cn4)c4ccccc41)[C@@H](C3)C2. The maximum absolute atomic E-state index is 13.7. The van der Waals surface area contributed by atoms with E-state index in [2.05, 4.69) is 15.1 Å². The van der Waals surface area contributed by atoms with Crippen molar-refractivity contribution in [1.29, 1.82) is 0 Å². The van der Waals surface area contributed by atoms with Crippen molar-refractivity contribution in [2.24, 2.45) is 28.9 Å². The lowest BCUT2D eigenvalue weighted by atomic mass is 9.47. The number of halogens is 3. The molecule has 43 heavy (non-hydrogen) atoms. The van der Waals surface area contributed by atoms with E-state index < -0.39 is 12.7 Å². The van der Waals surface area contributed by atoms with Gasteiger partial charge in [0.05, 0.1) is 29.8 Å². The number of benzene rings is 1. The van der Waals surface area contributed by atoms with Crippen LogP contribution in [0.15, 0.2) is 42.6 Å². The Morgan fingerprint density at radius 1 is 0.930 bits per heavy atom. The molecule has 3 unspecified atom stereocenters. The maximum Gasteiger partial charge on any atom is 0.401 e. The number of piperazine rings is 1. The molecule has 3 heterocycles. The summed E-state index contributed by atoms with van der Waals surface area (Å²) in [6.45, 7) is 1.92. The Balaban J connectivity index is 1.02. The number of hydrogen-bond donors (Lipinski definition) is 2. The molecule has 4 aliphatic carbocycles. The van der Waals surface area contributed by atoms with Gasteiger partial charge >= 0.3 is 12.2 Å². The fourth-order valence-corrected chi connectivity index (χ4v) is 8.74. The third-order valence-corrected chi connectivity index (χ3v) is 10.5. The lowest BCUT2D eigenvalue weighted by Crippen LogP contribution is -2.63. The quantitative estimate of drug-likeness (QED) is 0.539. The van der Waals surface area contributed by atoms with Crippen LogP contribution in [0, 0.1) is 23.2 Å². The first-order valence-corrected chi connectivity index (χ1v) is 15.3. The van der Waals surface area contributed by atoms with E-state index in [4.69, 9.17) is 10.7 Å². The molecule has 12 heteroatoms. The predicted molar refractivity (Wildman–Crippen MR) is 157 cm³/mol. The number of rotatable bonds is 5. The van der Waals surface area contributed by atoms with Crippen molar-refractivity contribution in [3.63, 3.8) is 0 Å². The number of carbonyl (C=O) groups excluding carboxylic acids is 2. The van der Waals surface area contributed by atoms with E-state index in [0.717, 1.165) is 55.0 Å². The molecule has 2 aromatic rings. The molecule has 0 spiro atoms. The number of urea groups is 1. The number of carbonyl (C=O) groups is 2. The summed E-state index contributed by atoms with van der Waals surface area (Å²) in [5.74, 6) is 1.68. The molecule has 8 rings (SSSR count). The van der Waals surface area contributed by atoms with Crippen molar-refractivity contribution in [1.82, 2.24) is 15.2 Å². The summed E-state index contributed by atoms with van der Waals surface area (Å²) in [6.07, 6.45) is 2.14. The van der Waals surface area contributed by atoms with Gasteiger partial charge in [0, 0.05) is 50.7 Å². The number of anilines is 4. The fourth-order valence-electron chi connectivity index (χ4n) is 8.74. The minimum atomic E-state index is -4.18. The van der Waals surface area contributed by atoms with Crippen LogP contribution < -0.4 is 25.8 Å². The van der Waals surface area contributed by atoms with E-state index in [0.29, 0.717) is 45.2 Å². The molecular weight excluding hydrogens is 559 g/mol. The minimum Gasteiger partial charge on any atom is -0.369 e. The second-order valence-corrected chi connectivity index (χ2v) is 13.1. The highest BCUT2D eigenvalue weighted by Crippen LogP contribution is 2.60. The number of fused-ring (bicyclic) bond motifs is 1. The number of para-hydroxylation sites is 2. The molecule has 2 aliphatic heterocycles. The third kappa shape index (κ3) is 5.27. The van der Waals surface area contributed by atoms with Crippen LogP contribution in [0.1, 0.15) is 32.1 Å². The van der Waals surface area contributed by atoms with Crippen LogP contribution in [0.5, 0.6) is 0 Å². The number of pyridine rings is 1. The monoisotopic (exact) mass is 597 g/mol. The van der Waals surface area contributed by atoms with Crippen molar-refractivity contribution in [3.8, 4) is 0 Å². The predicted octanol–water partition coefficient (Wildman–Crippen LogP) is 4.11. The number of nitrogens with one attached hydrogen (secondary N) is 1. The second-order valence-electron chi connectivity index (χ2n) is 13.1. The van der Waals surface area contributed by atoms with E-state index in [-0.39, 0.29) is 35.2 Å². The summed E-state index contributed by atoms with van der Waals surface area (Å²) in [5, 5.41) is 3.37. The molecule has 0 radical (unpaired) electrons. The van der Waals surface area contributed by atoms with Crippen LogP contribution in [0.25, 0.3) is 0 Å². The third-order valence-electron chi connectivity index (χ3n) is 10.5. The molecule has 4 saturated carbocycles. The topological polar surface area (TPSA) is 98.0 Å². The summed E-state index contributed by atoms with van der Waals surface area (Å²) in [6, 6.07) is 11.7. The van der Waals surface area contributed by atoms with E-state index in [9.17, 15) is 22.8 Å². The Morgan fingerprint density at radius 2 is 1.63 bits per heavy atom. The molecule has 4 bridgehead atoms. The molecule has 230 valence electrons. The number of nitrogens with zero attached hydrogens (tertiary/aromatic N) is 5. The maximum atomic E-state index is 13.7. The standard InChI is InChI=1S/C31H38F3N7O2/c32-31(33,34)19-38-7-9-39(10-8-38)23-5-6-26(36-18-23)40-11-12-41(25-4-2-1-3-24(25)40)29(43)37-27-21-13-20-14-22(27)17-30(15-20,16-21)28(35)42/h1-6,18,20-22,27H,7-17,19H2,(H2,35,42)(H,37,43)/t20?,21-,22+,27?,30?. The molecule has 3 amide bonds. The van der Waals surface area contributed by atoms with Gasteiger partial charge in [-0.3, -0.25) is 14.6 Å². The molecule has 1 aromatic carbocycles. The van der Waals surface area contributed by atoms with E-state index >= 15 is 0 Å². The number of primary amides is 1. The second kappa shape index (κ2) is 10.6. The van der Waals surface area contributed by atoms with Gasteiger partial charge in [-0.2, -0.15) is 13.2 Å². The largest absolute Gasteiger partial charge is 0.401 e. The van der Waals surface area contributed by atoms with Gasteiger partial charge in [-0.15, -0.1) is 0 Å².